The minimum absolute atomic E-state index is 0.0614. The second-order valence-electron chi connectivity index (χ2n) is 13.0. The van der Waals surface area contributed by atoms with Crippen LogP contribution in [0.2, 0.25) is 0 Å². The summed E-state index contributed by atoms with van der Waals surface area (Å²) in [6, 6.07) is 0. The Labute approximate surface area is 251 Å². The highest BCUT2D eigenvalue weighted by Gasteiger charge is 2.48. The average molecular weight is 624 g/mol. The summed E-state index contributed by atoms with van der Waals surface area (Å²) in [5.41, 5.74) is -8.35. The van der Waals surface area contributed by atoms with Crippen molar-refractivity contribution in [3.05, 3.63) is 0 Å². The van der Waals surface area contributed by atoms with Crippen LogP contribution in [0.3, 0.4) is 0 Å². The lowest BCUT2D eigenvalue weighted by Crippen LogP contribution is -2.70. The number of amides is 5. The van der Waals surface area contributed by atoms with E-state index in [1.807, 2.05) is 13.8 Å². The van der Waals surface area contributed by atoms with Crippen molar-refractivity contribution in [2.24, 2.45) is 5.92 Å². The van der Waals surface area contributed by atoms with Crippen molar-refractivity contribution in [1.29, 1.82) is 0 Å². The standard InChI is InChI=1S/C28H48F3N5O7/c1-13-27(15-16(3)4,20(40)34-23(5,6)18(38)33-26(11,12)22(42)43-14-2)36-19(39)25(9,10)32-17(37)24(7,8)35-21(41)28(29,30)31/h16H,13-15H2,1-12H3,(H,32,37)(H,33,38)(H,34,40)(H,35,41)(H,36,39)/t27-/m0/s1. The molecule has 5 N–H and O–H groups in total. The molecule has 0 radical (unpaired) electrons. The molecule has 0 saturated carbocycles. The van der Waals surface area contributed by atoms with E-state index in [9.17, 15) is 41.9 Å². The first kappa shape index (κ1) is 39.6. The van der Waals surface area contributed by atoms with Crippen LogP contribution in [0.25, 0.3) is 0 Å². The van der Waals surface area contributed by atoms with E-state index in [2.05, 4.69) is 21.3 Å². The molecule has 1 atom stereocenters. The largest absolute Gasteiger partial charge is 0.471 e. The number of carbonyl (C=O) groups is 6. The molecule has 0 saturated heterocycles. The van der Waals surface area contributed by atoms with Crippen molar-refractivity contribution in [2.75, 3.05) is 6.61 Å². The number of alkyl halides is 3. The van der Waals surface area contributed by atoms with Crippen molar-refractivity contribution in [2.45, 2.75) is 130 Å². The van der Waals surface area contributed by atoms with E-state index in [1.165, 1.54) is 41.5 Å². The van der Waals surface area contributed by atoms with Crippen LogP contribution in [0.4, 0.5) is 13.2 Å². The highest BCUT2D eigenvalue weighted by atomic mass is 19.4. The van der Waals surface area contributed by atoms with E-state index in [1.54, 1.807) is 19.2 Å². The summed E-state index contributed by atoms with van der Waals surface area (Å²) < 4.78 is 43.2. The highest BCUT2D eigenvalue weighted by Crippen LogP contribution is 2.25. The van der Waals surface area contributed by atoms with Gasteiger partial charge in [-0.05, 0) is 81.1 Å². The SMILES string of the molecule is CCOC(=O)C(C)(C)NC(=O)C(C)(C)NC(=O)[C@](CC)(CC(C)C)NC(=O)C(C)(C)NC(=O)C(C)(C)NC(=O)C(F)(F)F. The number of hydrogen-bond acceptors (Lipinski definition) is 7. The molecule has 0 unspecified atom stereocenters. The van der Waals surface area contributed by atoms with E-state index >= 15 is 0 Å². The number of hydrogen-bond donors (Lipinski definition) is 5. The Kier molecular flexibility index (Phi) is 12.8. The van der Waals surface area contributed by atoms with Gasteiger partial charge in [-0.2, -0.15) is 13.2 Å². The maximum absolute atomic E-state index is 13.8. The molecule has 248 valence electrons. The zero-order valence-electron chi connectivity index (χ0n) is 27.2. The lowest BCUT2D eigenvalue weighted by molar-refractivity contribution is -0.176. The first-order valence-corrected chi connectivity index (χ1v) is 14.0. The molecule has 0 aliphatic carbocycles. The Hall–Kier alpha value is -3.39. The zero-order chi connectivity index (χ0) is 34.4. The summed E-state index contributed by atoms with van der Waals surface area (Å²) in [5, 5.41) is 11.8. The van der Waals surface area contributed by atoms with Gasteiger partial charge >= 0.3 is 18.1 Å². The highest BCUT2D eigenvalue weighted by molar-refractivity contribution is 6.01. The fraction of sp³-hybridized carbons (Fsp3) is 0.786. The smallest absolute Gasteiger partial charge is 0.464 e. The van der Waals surface area contributed by atoms with Crippen LogP contribution < -0.4 is 26.6 Å². The summed E-state index contributed by atoms with van der Waals surface area (Å²) in [5.74, 6) is -6.48. The van der Waals surface area contributed by atoms with Crippen LogP contribution in [-0.4, -0.2) is 76.0 Å². The van der Waals surface area contributed by atoms with Crippen molar-refractivity contribution < 1.29 is 46.7 Å². The van der Waals surface area contributed by atoms with Gasteiger partial charge in [-0.3, -0.25) is 24.0 Å². The van der Waals surface area contributed by atoms with Crippen molar-refractivity contribution in [3.63, 3.8) is 0 Å². The van der Waals surface area contributed by atoms with Gasteiger partial charge in [0.05, 0.1) is 6.61 Å². The Morgan fingerprint density at radius 3 is 1.28 bits per heavy atom. The molecule has 0 bridgehead atoms. The zero-order valence-corrected chi connectivity index (χ0v) is 27.2. The van der Waals surface area contributed by atoms with E-state index in [-0.39, 0.29) is 25.4 Å². The molecule has 0 fully saturated rings. The molecule has 0 heterocycles. The second kappa shape index (κ2) is 13.9. The molecule has 15 heteroatoms. The van der Waals surface area contributed by atoms with Gasteiger partial charge in [0.25, 0.3) is 0 Å². The maximum atomic E-state index is 13.8. The van der Waals surface area contributed by atoms with Crippen LogP contribution in [0.15, 0.2) is 0 Å². The molecule has 0 rings (SSSR count). The molecular formula is C28H48F3N5O7. The van der Waals surface area contributed by atoms with Crippen molar-refractivity contribution in [1.82, 2.24) is 26.6 Å². The third-order valence-corrected chi connectivity index (χ3v) is 6.60. The summed E-state index contributed by atoms with van der Waals surface area (Å²) in [7, 11) is 0. The molecule has 12 nitrogen and oxygen atoms in total. The molecule has 0 aromatic rings. The Bertz CT molecular complexity index is 1090. The van der Waals surface area contributed by atoms with Gasteiger partial charge in [-0.15, -0.1) is 0 Å². The molecule has 5 amide bonds. The van der Waals surface area contributed by atoms with Gasteiger partial charge in [0.15, 0.2) is 0 Å². The number of ether oxygens (including phenoxy) is 1. The summed E-state index contributed by atoms with van der Waals surface area (Å²) >= 11 is 0. The first-order valence-electron chi connectivity index (χ1n) is 14.0. The lowest BCUT2D eigenvalue weighted by Gasteiger charge is -2.40. The van der Waals surface area contributed by atoms with E-state index < -0.39 is 69.4 Å². The third kappa shape index (κ3) is 11.0. The minimum atomic E-state index is -5.23. The first-order chi connectivity index (χ1) is 19.1. The Morgan fingerprint density at radius 1 is 0.581 bits per heavy atom. The number of esters is 1. The summed E-state index contributed by atoms with van der Waals surface area (Å²) in [6.07, 6.45) is -5.05. The van der Waals surface area contributed by atoms with Gasteiger partial charge in [0.1, 0.15) is 27.7 Å². The molecule has 0 aromatic carbocycles. The average Bonchev–Trinajstić information content (AvgIpc) is 2.81. The Morgan fingerprint density at radius 2 is 0.930 bits per heavy atom. The number of nitrogens with one attached hydrogen (secondary N) is 5. The number of carbonyl (C=O) groups excluding carboxylic acids is 6. The van der Waals surface area contributed by atoms with Gasteiger partial charge in [0.2, 0.25) is 23.6 Å². The summed E-state index contributed by atoms with van der Waals surface area (Å²) in [4.78, 5) is 76.9. The molecule has 0 aromatic heterocycles. The van der Waals surface area contributed by atoms with E-state index in [0.29, 0.717) is 0 Å². The lowest BCUT2D eigenvalue weighted by atomic mass is 9.83. The molecule has 0 aliphatic heterocycles. The maximum Gasteiger partial charge on any atom is 0.471 e. The fourth-order valence-electron chi connectivity index (χ4n) is 3.84. The summed E-state index contributed by atoms with van der Waals surface area (Å²) in [6.45, 7) is 17.3. The molecule has 0 aliphatic rings. The van der Waals surface area contributed by atoms with Gasteiger partial charge in [0, 0.05) is 0 Å². The van der Waals surface area contributed by atoms with Crippen molar-refractivity contribution >= 4 is 35.5 Å². The quantitative estimate of drug-likeness (QED) is 0.184. The van der Waals surface area contributed by atoms with E-state index in [0.717, 1.165) is 13.8 Å². The van der Waals surface area contributed by atoms with Gasteiger partial charge < -0.3 is 31.3 Å². The monoisotopic (exact) mass is 623 g/mol. The second-order valence-corrected chi connectivity index (χ2v) is 13.0. The van der Waals surface area contributed by atoms with Gasteiger partial charge in [-0.1, -0.05) is 20.8 Å². The molecular weight excluding hydrogens is 575 g/mol. The van der Waals surface area contributed by atoms with Crippen LogP contribution in [-0.2, 0) is 33.5 Å². The predicted octanol–water partition coefficient (Wildman–Crippen LogP) is 2.00. The molecule has 43 heavy (non-hydrogen) atoms. The molecule has 0 spiro atoms. The minimum Gasteiger partial charge on any atom is -0.464 e. The van der Waals surface area contributed by atoms with Crippen LogP contribution in [0, 0.1) is 5.92 Å². The van der Waals surface area contributed by atoms with Crippen LogP contribution >= 0.6 is 0 Å². The normalized spacial score (nSPS) is 14.2. The van der Waals surface area contributed by atoms with Crippen LogP contribution in [0.5, 0.6) is 0 Å². The Balaban J connectivity index is 6.08. The van der Waals surface area contributed by atoms with Crippen molar-refractivity contribution in [3.8, 4) is 0 Å². The van der Waals surface area contributed by atoms with E-state index in [4.69, 9.17) is 4.74 Å². The predicted molar refractivity (Wildman–Crippen MR) is 152 cm³/mol. The number of halogens is 3. The van der Waals surface area contributed by atoms with Crippen LogP contribution in [0.1, 0.15) is 95.9 Å². The third-order valence-electron chi connectivity index (χ3n) is 6.60. The number of rotatable bonds is 14. The topological polar surface area (TPSA) is 172 Å². The fourth-order valence-corrected chi connectivity index (χ4v) is 3.84. The van der Waals surface area contributed by atoms with Gasteiger partial charge in [-0.25, -0.2) is 4.79 Å².